The second-order valence-electron chi connectivity index (χ2n) is 9.35. The highest BCUT2D eigenvalue weighted by atomic mass is 35.5. The molecule has 2 aliphatic rings. The van der Waals surface area contributed by atoms with Crippen molar-refractivity contribution in [3.63, 3.8) is 0 Å². The van der Waals surface area contributed by atoms with E-state index in [2.05, 4.69) is 10.1 Å². The van der Waals surface area contributed by atoms with Gasteiger partial charge in [0.25, 0.3) is 5.91 Å². The fourth-order valence-corrected chi connectivity index (χ4v) is 4.99. The number of aliphatic hydroxyl groups excluding tert-OH is 1. The summed E-state index contributed by atoms with van der Waals surface area (Å²) >= 11 is 6.32. The van der Waals surface area contributed by atoms with Crippen molar-refractivity contribution in [1.82, 2.24) is 19.5 Å². The number of ketones is 1. The topological polar surface area (TPSA) is 97.0 Å². The molecule has 1 aliphatic carbocycles. The van der Waals surface area contributed by atoms with Crippen LogP contribution in [0.5, 0.6) is 5.75 Å². The molecule has 8 nitrogen and oxygen atoms in total. The highest BCUT2D eigenvalue weighted by molar-refractivity contribution is 6.31. The molecule has 1 amide bonds. The highest BCUT2D eigenvalue weighted by Crippen LogP contribution is 2.36. The summed E-state index contributed by atoms with van der Waals surface area (Å²) in [6, 6.07) is 3.93. The van der Waals surface area contributed by atoms with Gasteiger partial charge >= 0.3 is 0 Å². The number of nitrogens with zero attached hydrogens (tertiary/aromatic N) is 4. The maximum atomic E-state index is 14.0. The monoisotopic (exact) mass is 500 g/mol. The van der Waals surface area contributed by atoms with Gasteiger partial charge in [0.05, 0.1) is 46.9 Å². The summed E-state index contributed by atoms with van der Waals surface area (Å²) in [5.41, 5.74) is 4.11. The van der Waals surface area contributed by atoms with Crippen LogP contribution in [0.15, 0.2) is 18.2 Å². The molecule has 0 atom stereocenters. The number of aliphatic hydroxyl groups is 1. The Labute approximate surface area is 206 Å². The molecule has 5 rings (SSSR count). The van der Waals surface area contributed by atoms with Crippen molar-refractivity contribution in [3.05, 3.63) is 57.2 Å². The van der Waals surface area contributed by atoms with E-state index in [1.54, 1.807) is 9.42 Å². The first-order chi connectivity index (χ1) is 16.7. The first-order valence-electron chi connectivity index (χ1n) is 11.7. The van der Waals surface area contributed by atoms with Gasteiger partial charge < -0.3 is 14.7 Å². The molecule has 1 saturated carbocycles. The predicted molar refractivity (Wildman–Crippen MR) is 126 cm³/mol. The summed E-state index contributed by atoms with van der Waals surface area (Å²) in [5, 5.41) is 14.1. The third-order valence-electron chi connectivity index (χ3n) is 6.81. The Morgan fingerprint density at radius 3 is 2.77 bits per heavy atom. The number of carbonyl (C=O) groups excluding carboxylic acids is 2. The lowest BCUT2D eigenvalue weighted by Gasteiger charge is -2.35. The smallest absolute Gasteiger partial charge is 0.258 e. The van der Waals surface area contributed by atoms with E-state index >= 15 is 0 Å². The molecule has 0 spiro atoms. The van der Waals surface area contributed by atoms with Crippen molar-refractivity contribution >= 4 is 28.9 Å². The molecule has 0 bridgehead atoms. The zero-order valence-electron chi connectivity index (χ0n) is 19.6. The minimum absolute atomic E-state index is 0.0273. The maximum Gasteiger partial charge on any atom is 0.258 e. The third kappa shape index (κ3) is 4.38. The Kier molecular flexibility index (Phi) is 6.23. The number of hydrogen-bond acceptors (Lipinski definition) is 6. The molecule has 1 N–H and O–H groups in total. The van der Waals surface area contributed by atoms with Crippen molar-refractivity contribution < 1.29 is 23.8 Å². The fraction of sp³-hybridized carbons (Fsp3) is 0.440. The van der Waals surface area contributed by atoms with Crippen LogP contribution in [0.3, 0.4) is 0 Å². The zero-order valence-corrected chi connectivity index (χ0v) is 20.3. The van der Waals surface area contributed by atoms with Gasteiger partial charge in [-0.15, -0.1) is 0 Å². The second-order valence-corrected chi connectivity index (χ2v) is 9.73. The van der Waals surface area contributed by atoms with Gasteiger partial charge in [-0.1, -0.05) is 11.6 Å². The lowest BCUT2D eigenvalue weighted by molar-refractivity contribution is -0.121. The number of ether oxygens (including phenoxy) is 1. The number of carbonyl (C=O) groups is 2. The lowest BCUT2D eigenvalue weighted by atomic mass is 9.78. The van der Waals surface area contributed by atoms with E-state index in [4.69, 9.17) is 21.4 Å². The van der Waals surface area contributed by atoms with Crippen molar-refractivity contribution in [2.45, 2.75) is 58.7 Å². The van der Waals surface area contributed by atoms with E-state index in [0.717, 1.165) is 17.0 Å². The summed E-state index contributed by atoms with van der Waals surface area (Å²) in [6.45, 7) is 4.21. The van der Waals surface area contributed by atoms with Gasteiger partial charge in [0.1, 0.15) is 17.3 Å². The molecule has 0 saturated heterocycles. The Morgan fingerprint density at radius 1 is 1.26 bits per heavy atom. The standard InChI is InChI=1S/C25H26ClFN4O4/c1-13-23(26)14(2)31-24(28-13)20-11-30(12-21(20)29-31)25(34)19-4-3-16(27)10-22(19)35-18-8-15(9-18)7-17(33)5-6-32/h3-4,10,15,18,32H,5-9,11-12H2,1-2H3. The molecular weight excluding hydrogens is 475 g/mol. The van der Waals surface area contributed by atoms with Crippen LogP contribution in [0.25, 0.3) is 5.65 Å². The van der Waals surface area contributed by atoms with Crippen LogP contribution in [0.2, 0.25) is 5.02 Å². The first-order valence-corrected chi connectivity index (χ1v) is 12.0. The number of halogens is 2. The molecule has 10 heteroatoms. The van der Waals surface area contributed by atoms with E-state index in [9.17, 15) is 14.0 Å². The highest BCUT2D eigenvalue weighted by Gasteiger charge is 2.35. The van der Waals surface area contributed by atoms with Gasteiger partial charge in [0.2, 0.25) is 0 Å². The van der Waals surface area contributed by atoms with E-state index in [1.807, 2.05) is 13.8 Å². The number of Topliss-reactive ketones (excluding diaryl/α,β-unsaturated/α-hetero) is 1. The Balaban J connectivity index is 1.31. The van der Waals surface area contributed by atoms with Gasteiger partial charge in [-0.25, -0.2) is 13.9 Å². The average Bonchev–Trinajstić information content (AvgIpc) is 3.35. The fourth-order valence-electron chi connectivity index (χ4n) is 4.86. The quantitative estimate of drug-likeness (QED) is 0.530. The predicted octanol–water partition coefficient (Wildman–Crippen LogP) is 3.79. The van der Waals surface area contributed by atoms with Crippen LogP contribution < -0.4 is 4.74 Å². The molecule has 35 heavy (non-hydrogen) atoms. The van der Waals surface area contributed by atoms with Crippen LogP contribution in [0, 0.1) is 25.6 Å². The summed E-state index contributed by atoms with van der Waals surface area (Å²) in [4.78, 5) is 31.4. The molecule has 3 heterocycles. The van der Waals surface area contributed by atoms with Crippen molar-refractivity contribution in [3.8, 4) is 5.75 Å². The van der Waals surface area contributed by atoms with E-state index in [-0.39, 0.29) is 48.1 Å². The van der Waals surface area contributed by atoms with Crippen molar-refractivity contribution in [2.75, 3.05) is 6.61 Å². The molecule has 0 unspecified atom stereocenters. The number of aromatic nitrogens is 3. The van der Waals surface area contributed by atoms with Crippen LogP contribution in [0.1, 0.15) is 58.7 Å². The number of fused-ring (bicyclic) bond motifs is 3. The molecule has 0 radical (unpaired) electrons. The number of benzene rings is 1. The first kappa shape index (κ1) is 23.7. The van der Waals surface area contributed by atoms with Crippen molar-refractivity contribution in [2.24, 2.45) is 5.92 Å². The molecule has 3 aromatic rings. The van der Waals surface area contributed by atoms with E-state index in [0.29, 0.717) is 48.7 Å². The Hall–Kier alpha value is -3.04. The zero-order chi connectivity index (χ0) is 24.9. The van der Waals surface area contributed by atoms with E-state index in [1.165, 1.54) is 18.2 Å². The number of rotatable bonds is 7. The molecule has 184 valence electrons. The minimum atomic E-state index is -0.486. The van der Waals surface area contributed by atoms with Crippen molar-refractivity contribution in [1.29, 1.82) is 0 Å². The van der Waals surface area contributed by atoms with Gasteiger partial charge in [0, 0.05) is 31.1 Å². The summed E-state index contributed by atoms with van der Waals surface area (Å²) in [5.74, 6) is -0.341. The second kappa shape index (κ2) is 9.20. The molecule has 2 aromatic heterocycles. The molecule has 1 fully saturated rings. The number of aryl methyl sites for hydroxylation is 2. The average molecular weight is 501 g/mol. The number of hydrogen-bond donors (Lipinski definition) is 1. The lowest BCUT2D eigenvalue weighted by Crippen LogP contribution is -2.36. The van der Waals surface area contributed by atoms with Crippen LogP contribution in [-0.2, 0) is 17.9 Å². The SMILES string of the molecule is Cc1nc2c3c(nn2c(C)c1Cl)CN(C(=O)c1ccc(F)cc1OC1CC(CC(=O)CCO)C1)C3. The summed E-state index contributed by atoms with van der Waals surface area (Å²) in [7, 11) is 0. The molecular formula is C25H26ClFN4O4. The molecule has 1 aromatic carbocycles. The normalized spacial score (nSPS) is 19.1. The Bertz CT molecular complexity index is 1330. The summed E-state index contributed by atoms with van der Waals surface area (Å²) < 4.78 is 21.7. The van der Waals surface area contributed by atoms with Gasteiger partial charge in [-0.2, -0.15) is 5.10 Å². The van der Waals surface area contributed by atoms with Gasteiger partial charge in [0.15, 0.2) is 5.65 Å². The maximum absolute atomic E-state index is 14.0. The van der Waals surface area contributed by atoms with Gasteiger partial charge in [-0.05, 0) is 44.7 Å². The molecule has 1 aliphatic heterocycles. The van der Waals surface area contributed by atoms with Crippen LogP contribution >= 0.6 is 11.6 Å². The Morgan fingerprint density at radius 2 is 2.03 bits per heavy atom. The van der Waals surface area contributed by atoms with E-state index < -0.39 is 5.82 Å². The largest absolute Gasteiger partial charge is 0.489 e. The minimum Gasteiger partial charge on any atom is -0.489 e. The van der Waals surface area contributed by atoms with Gasteiger partial charge in [-0.3, -0.25) is 9.59 Å². The van der Waals surface area contributed by atoms with Crippen LogP contribution in [-0.4, -0.2) is 49.0 Å². The summed E-state index contributed by atoms with van der Waals surface area (Å²) in [6.07, 6.45) is 1.69. The third-order valence-corrected chi connectivity index (χ3v) is 7.36. The number of amides is 1. The van der Waals surface area contributed by atoms with Crippen LogP contribution in [0.4, 0.5) is 4.39 Å².